The van der Waals surface area contributed by atoms with Gasteiger partial charge in [0.25, 0.3) is 0 Å². The largest absolute Gasteiger partial charge is 0.356 e. The first-order chi connectivity index (χ1) is 12.1. The Hall–Kier alpha value is -1.25. The van der Waals surface area contributed by atoms with Gasteiger partial charge in [-0.15, -0.1) is 11.8 Å². The molecule has 1 saturated carbocycles. The first-order valence-electron chi connectivity index (χ1n) is 8.69. The SMILES string of the molecule is CN=C(NCCSc1ccccc1)NCCS(=O)(=O)NCC1CCC1. The van der Waals surface area contributed by atoms with Crippen molar-refractivity contribution in [1.82, 2.24) is 15.4 Å². The molecule has 3 N–H and O–H groups in total. The van der Waals surface area contributed by atoms with Gasteiger partial charge in [0.15, 0.2) is 5.96 Å². The van der Waals surface area contributed by atoms with Crippen molar-refractivity contribution in [3.05, 3.63) is 30.3 Å². The number of sulfonamides is 1. The van der Waals surface area contributed by atoms with Crippen LogP contribution in [0.3, 0.4) is 0 Å². The average molecular weight is 385 g/mol. The van der Waals surface area contributed by atoms with Crippen LogP contribution in [0.25, 0.3) is 0 Å². The Balaban J connectivity index is 1.57. The molecule has 1 fully saturated rings. The van der Waals surface area contributed by atoms with Crippen molar-refractivity contribution in [3.8, 4) is 0 Å². The van der Waals surface area contributed by atoms with Crippen molar-refractivity contribution >= 4 is 27.7 Å². The molecule has 1 aliphatic carbocycles. The van der Waals surface area contributed by atoms with E-state index in [2.05, 4.69) is 32.5 Å². The second kappa shape index (κ2) is 10.7. The molecule has 0 radical (unpaired) electrons. The van der Waals surface area contributed by atoms with Crippen LogP contribution in [0.4, 0.5) is 0 Å². The van der Waals surface area contributed by atoms with Crippen molar-refractivity contribution < 1.29 is 8.42 Å². The topological polar surface area (TPSA) is 82.6 Å². The monoisotopic (exact) mass is 384 g/mol. The van der Waals surface area contributed by atoms with Crippen LogP contribution in [-0.4, -0.2) is 52.6 Å². The molecular weight excluding hydrogens is 356 g/mol. The Morgan fingerprint density at radius 1 is 1.20 bits per heavy atom. The Kier molecular flexibility index (Phi) is 8.57. The predicted octanol–water partition coefficient (Wildman–Crippen LogP) is 1.66. The second-order valence-corrected chi connectivity index (χ2v) is 9.15. The first kappa shape index (κ1) is 20.1. The van der Waals surface area contributed by atoms with E-state index in [1.54, 1.807) is 18.8 Å². The van der Waals surface area contributed by atoms with Gasteiger partial charge in [0.1, 0.15) is 0 Å². The number of guanidine groups is 1. The molecule has 1 aromatic carbocycles. The van der Waals surface area contributed by atoms with Crippen LogP contribution in [0.2, 0.25) is 0 Å². The second-order valence-electron chi connectivity index (χ2n) is 6.05. The summed E-state index contributed by atoms with van der Waals surface area (Å²) in [4.78, 5) is 5.35. The summed E-state index contributed by atoms with van der Waals surface area (Å²) in [6, 6.07) is 10.2. The van der Waals surface area contributed by atoms with Crippen molar-refractivity contribution in [2.75, 3.05) is 38.2 Å². The van der Waals surface area contributed by atoms with E-state index in [4.69, 9.17) is 0 Å². The number of nitrogens with zero attached hydrogens (tertiary/aromatic N) is 1. The number of rotatable bonds is 10. The highest BCUT2D eigenvalue weighted by atomic mass is 32.2. The van der Waals surface area contributed by atoms with Gasteiger partial charge in [0.2, 0.25) is 10.0 Å². The minimum absolute atomic E-state index is 0.0547. The van der Waals surface area contributed by atoms with Crippen molar-refractivity contribution in [1.29, 1.82) is 0 Å². The minimum atomic E-state index is -3.22. The van der Waals surface area contributed by atoms with Crippen molar-refractivity contribution in [2.24, 2.45) is 10.9 Å². The third-order valence-corrected chi connectivity index (χ3v) is 6.47. The lowest BCUT2D eigenvalue weighted by atomic mass is 9.86. The van der Waals surface area contributed by atoms with Crippen LogP contribution in [-0.2, 0) is 10.0 Å². The molecule has 0 aromatic heterocycles. The number of benzene rings is 1. The zero-order valence-corrected chi connectivity index (χ0v) is 16.3. The average Bonchev–Trinajstić information content (AvgIpc) is 2.56. The standard InChI is InChI=1S/C17H28N4O2S2/c1-18-17(19-10-12-24-16-8-3-2-4-9-16)20-11-13-25(22,23)21-14-15-6-5-7-15/h2-4,8-9,15,21H,5-7,10-14H2,1H3,(H2,18,19,20). The zero-order valence-electron chi connectivity index (χ0n) is 14.7. The van der Waals surface area contributed by atoms with Crippen LogP contribution in [0.1, 0.15) is 19.3 Å². The predicted molar refractivity (Wildman–Crippen MR) is 106 cm³/mol. The van der Waals surface area contributed by atoms with Crippen LogP contribution in [0, 0.1) is 5.92 Å². The molecular formula is C17H28N4O2S2. The number of hydrogen-bond acceptors (Lipinski definition) is 4. The molecule has 1 aromatic rings. The quantitative estimate of drug-likeness (QED) is 0.247. The number of nitrogens with one attached hydrogen (secondary N) is 3. The van der Waals surface area contributed by atoms with E-state index in [0.717, 1.165) is 25.1 Å². The summed E-state index contributed by atoms with van der Waals surface area (Å²) in [5.41, 5.74) is 0. The highest BCUT2D eigenvalue weighted by Gasteiger charge is 2.19. The summed E-state index contributed by atoms with van der Waals surface area (Å²) < 4.78 is 26.6. The fraction of sp³-hybridized carbons (Fsp3) is 0.588. The summed E-state index contributed by atoms with van der Waals surface area (Å²) in [6.07, 6.45) is 3.50. The highest BCUT2D eigenvalue weighted by molar-refractivity contribution is 7.99. The van der Waals surface area contributed by atoms with Gasteiger partial charge >= 0.3 is 0 Å². The third-order valence-electron chi connectivity index (χ3n) is 4.11. The van der Waals surface area contributed by atoms with Crippen LogP contribution >= 0.6 is 11.8 Å². The van der Waals surface area contributed by atoms with E-state index < -0.39 is 10.0 Å². The lowest BCUT2D eigenvalue weighted by Gasteiger charge is -2.25. The van der Waals surface area contributed by atoms with Crippen molar-refractivity contribution in [3.63, 3.8) is 0 Å². The molecule has 8 heteroatoms. The highest BCUT2D eigenvalue weighted by Crippen LogP contribution is 2.25. The van der Waals surface area contributed by atoms with E-state index in [1.807, 2.05) is 18.2 Å². The fourth-order valence-electron chi connectivity index (χ4n) is 2.39. The maximum atomic E-state index is 11.9. The van der Waals surface area contributed by atoms with Gasteiger partial charge in [-0.1, -0.05) is 24.6 Å². The Bertz CT molecular complexity index is 631. The molecule has 2 rings (SSSR count). The number of aliphatic imine (C=N–C) groups is 1. The van der Waals surface area contributed by atoms with Crippen molar-refractivity contribution in [2.45, 2.75) is 24.2 Å². The Morgan fingerprint density at radius 2 is 1.92 bits per heavy atom. The molecule has 0 bridgehead atoms. The molecule has 0 amide bonds. The third kappa shape index (κ3) is 8.11. The summed E-state index contributed by atoms with van der Waals surface area (Å²) in [5.74, 6) is 2.12. The van der Waals surface area contributed by atoms with Gasteiger partial charge in [0, 0.05) is 37.3 Å². The normalized spacial score (nSPS) is 15.6. The van der Waals surface area contributed by atoms with E-state index in [9.17, 15) is 8.42 Å². The molecule has 140 valence electrons. The fourth-order valence-corrected chi connectivity index (χ4v) is 4.19. The first-order valence-corrected chi connectivity index (χ1v) is 11.3. The molecule has 0 spiro atoms. The van der Waals surface area contributed by atoms with E-state index in [-0.39, 0.29) is 5.75 Å². The molecule has 0 saturated heterocycles. The van der Waals surface area contributed by atoms with Gasteiger partial charge in [-0.05, 0) is 30.9 Å². The summed E-state index contributed by atoms with van der Waals surface area (Å²) in [7, 11) is -1.53. The summed E-state index contributed by atoms with van der Waals surface area (Å²) >= 11 is 1.77. The summed E-state index contributed by atoms with van der Waals surface area (Å²) in [5, 5.41) is 6.25. The molecule has 25 heavy (non-hydrogen) atoms. The molecule has 0 unspecified atom stereocenters. The van der Waals surface area contributed by atoms with Crippen LogP contribution in [0.15, 0.2) is 40.2 Å². The van der Waals surface area contributed by atoms with E-state index in [0.29, 0.717) is 25.0 Å². The molecule has 0 heterocycles. The number of hydrogen-bond donors (Lipinski definition) is 3. The maximum absolute atomic E-state index is 11.9. The zero-order chi connectivity index (χ0) is 18.0. The lowest BCUT2D eigenvalue weighted by molar-refractivity contribution is 0.316. The number of thioether (sulfide) groups is 1. The van der Waals surface area contributed by atoms with Crippen LogP contribution in [0.5, 0.6) is 0 Å². The molecule has 6 nitrogen and oxygen atoms in total. The smallest absolute Gasteiger partial charge is 0.213 e. The van der Waals surface area contributed by atoms with Gasteiger partial charge in [-0.2, -0.15) is 0 Å². The Morgan fingerprint density at radius 3 is 2.56 bits per heavy atom. The van der Waals surface area contributed by atoms with Gasteiger partial charge in [-0.25, -0.2) is 13.1 Å². The Labute approximate surface area is 155 Å². The van der Waals surface area contributed by atoms with E-state index in [1.165, 1.54) is 11.3 Å². The van der Waals surface area contributed by atoms with Crippen LogP contribution < -0.4 is 15.4 Å². The van der Waals surface area contributed by atoms with Gasteiger partial charge in [0.05, 0.1) is 5.75 Å². The lowest BCUT2D eigenvalue weighted by Crippen LogP contribution is -2.42. The minimum Gasteiger partial charge on any atom is -0.356 e. The summed E-state index contributed by atoms with van der Waals surface area (Å²) in [6.45, 7) is 1.67. The van der Waals surface area contributed by atoms with E-state index >= 15 is 0 Å². The molecule has 0 atom stereocenters. The molecule has 1 aliphatic rings. The maximum Gasteiger partial charge on any atom is 0.213 e. The van der Waals surface area contributed by atoms with Gasteiger partial charge < -0.3 is 10.6 Å². The molecule has 0 aliphatic heterocycles. The van der Waals surface area contributed by atoms with Gasteiger partial charge in [-0.3, -0.25) is 4.99 Å².